The molecule has 266 valence electrons. The zero-order chi connectivity index (χ0) is 36.2. The lowest BCUT2D eigenvalue weighted by atomic mass is 9.92. The molecule has 1 aliphatic heterocycles. The van der Waals surface area contributed by atoms with Crippen molar-refractivity contribution in [1.82, 2.24) is 10.2 Å². The number of nitrogens with zero attached hydrogens (tertiary/aromatic N) is 2. The topological polar surface area (TPSA) is 88.2 Å². The van der Waals surface area contributed by atoms with Crippen LogP contribution >= 0.6 is 11.3 Å². The average molecular weight is 698 g/mol. The molecule has 0 spiro atoms. The van der Waals surface area contributed by atoms with Gasteiger partial charge >= 0.3 is 0 Å². The van der Waals surface area contributed by atoms with E-state index < -0.39 is 0 Å². The van der Waals surface area contributed by atoms with Gasteiger partial charge in [-0.3, -0.25) is 19.3 Å². The number of amides is 1. The number of nitrogens with one attached hydrogen (secondary N) is 1. The number of benzene rings is 3. The molecule has 1 saturated heterocycles. The van der Waals surface area contributed by atoms with Crippen LogP contribution in [-0.2, 0) is 0 Å². The van der Waals surface area contributed by atoms with Gasteiger partial charge in [-0.2, -0.15) is 0 Å². The fraction of sp³-hybridized carbons (Fsp3) is 0.390. The third-order valence-electron chi connectivity index (χ3n) is 9.47. The third kappa shape index (κ3) is 9.61. The zero-order valence-corrected chi connectivity index (χ0v) is 31.3. The Hall–Kier alpha value is -4.47. The number of thiophene rings is 1. The Morgan fingerprint density at radius 3 is 2.16 bits per heavy atom. The van der Waals surface area contributed by atoms with Gasteiger partial charge in [0, 0.05) is 50.0 Å². The summed E-state index contributed by atoms with van der Waals surface area (Å²) in [6.07, 6.45) is 1.94. The molecular formula is C41H51N3O5S. The summed E-state index contributed by atoms with van der Waals surface area (Å²) in [5, 5.41) is 4.89. The molecule has 5 rings (SSSR count). The van der Waals surface area contributed by atoms with Gasteiger partial charge < -0.3 is 19.7 Å². The minimum atomic E-state index is -0.0617. The van der Waals surface area contributed by atoms with Gasteiger partial charge in [0.05, 0.1) is 24.7 Å². The summed E-state index contributed by atoms with van der Waals surface area (Å²) in [6.45, 7) is 13.8. The first-order valence-electron chi connectivity index (χ1n) is 17.3. The second-order valence-electron chi connectivity index (χ2n) is 12.7. The fourth-order valence-corrected chi connectivity index (χ4v) is 7.29. The Morgan fingerprint density at radius 2 is 1.56 bits per heavy atom. The Kier molecular flexibility index (Phi) is 14.2. The minimum absolute atomic E-state index is 0.0138. The van der Waals surface area contributed by atoms with Crippen molar-refractivity contribution in [2.24, 2.45) is 0 Å². The number of carbonyl (C=O) groups excluding carboxylic acids is 3. The molecule has 1 fully saturated rings. The summed E-state index contributed by atoms with van der Waals surface area (Å²) in [4.78, 5) is 41.5. The standard InChI is InChI=1S/C22H26N2O2.C19H25NO3S/c1-16(19-8-5-4-6-9-19)23-12-14-24(15-13-23)21-11-7-10-20(17(2)25)22(21)18(3)26;1-13(7-5-11-20-19(21)17-8-6-12-24-17)15-9-10-16(22-3)18(23-4)14(15)2/h4-11,16H,12-15H2,1-3H3;6,8-10,12-13H,5,7,11H2,1-4H3,(H,20,21)/t16-;/m1./s1. The van der Waals surface area contributed by atoms with E-state index in [1.807, 2.05) is 41.8 Å². The van der Waals surface area contributed by atoms with Crippen molar-refractivity contribution >= 4 is 34.5 Å². The number of methoxy groups -OCH3 is 2. The number of anilines is 1. The molecule has 0 radical (unpaired) electrons. The zero-order valence-electron chi connectivity index (χ0n) is 30.5. The van der Waals surface area contributed by atoms with Gasteiger partial charge in [0.25, 0.3) is 5.91 Å². The van der Waals surface area contributed by atoms with Crippen LogP contribution in [0.5, 0.6) is 11.5 Å². The lowest BCUT2D eigenvalue weighted by Crippen LogP contribution is -2.47. The number of rotatable bonds is 13. The van der Waals surface area contributed by atoms with E-state index in [0.29, 0.717) is 29.6 Å². The van der Waals surface area contributed by atoms with E-state index in [1.54, 1.807) is 27.2 Å². The maximum absolute atomic E-state index is 12.2. The number of carbonyl (C=O) groups is 3. The van der Waals surface area contributed by atoms with Crippen LogP contribution in [0, 0.1) is 6.92 Å². The molecule has 2 heterocycles. The minimum Gasteiger partial charge on any atom is -0.493 e. The highest BCUT2D eigenvalue weighted by molar-refractivity contribution is 7.12. The predicted octanol–water partition coefficient (Wildman–Crippen LogP) is 8.36. The fourth-order valence-electron chi connectivity index (χ4n) is 6.65. The van der Waals surface area contributed by atoms with Gasteiger partial charge in [-0.05, 0) is 86.7 Å². The number of hydrogen-bond acceptors (Lipinski definition) is 8. The molecule has 1 aromatic heterocycles. The van der Waals surface area contributed by atoms with E-state index in [9.17, 15) is 14.4 Å². The van der Waals surface area contributed by atoms with Crippen molar-refractivity contribution in [2.45, 2.75) is 59.4 Å². The molecule has 8 nitrogen and oxygen atoms in total. The highest BCUT2D eigenvalue weighted by atomic mass is 32.1. The predicted molar refractivity (Wildman–Crippen MR) is 204 cm³/mol. The van der Waals surface area contributed by atoms with Crippen LogP contribution < -0.4 is 19.7 Å². The number of ketones is 2. The Labute approximate surface area is 301 Å². The van der Waals surface area contributed by atoms with E-state index >= 15 is 0 Å². The summed E-state index contributed by atoms with van der Waals surface area (Å²) in [5.41, 5.74) is 5.67. The highest BCUT2D eigenvalue weighted by Crippen LogP contribution is 2.37. The number of hydrogen-bond donors (Lipinski definition) is 1. The van der Waals surface area contributed by atoms with Gasteiger partial charge in [-0.25, -0.2) is 0 Å². The second kappa shape index (κ2) is 18.5. The largest absolute Gasteiger partial charge is 0.493 e. The first-order chi connectivity index (χ1) is 24.1. The molecule has 4 aromatic rings. The molecule has 1 unspecified atom stereocenters. The van der Waals surface area contributed by atoms with E-state index in [4.69, 9.17) is 9.47 Å². The van der Waals surface area contributed by atoms with Gasteiger partial charge in [0.2, 0.25) is 0 Å². The molecule has 0 aliphatic carbocycles. The molecule has 3 aromatic carbocycles. The van der Waals surface area contributed by atoms with Crippen LogP contribution in [0.1, 0.15) is 99.6 Å². The van der Waals surface area contributed by atoms with Crippen molar-refractivity contribution in [3.63, 3.8) is 0 Å². The van der Waals surface area contributed by atoms with E-state index in [-0.39, 0.29) is 17.5 Å². The lowest BCUT2D eigenvalue weighted by molar-refractivity contribution is 0.0955. The lowest BCUT2D eigenvalue weighted by Gasteiger charge is -2.40. The van der Waals surface area contributed by atoms with Crippen LogP contribution in [0.2, 0.25) is 0 Å². The van der Waals surface area contributed by atoms with Crippen molar-refractivity contribution in [1.29, 1.82) is 0 Å². The van der Waals surface area contributed by atoms with E-state index in [0.717, 1.165) is 66.6 Å². The first kappa shape index (κ1) is 38.3. The number of ether oxygens (including phenoxy) is 2. The summed E-state index contributed by atoms with van der Waals surface area (Å²) in [5.74, 6) is 1.85. The Morgan fingerprint density at radius 1 is 0.840 bits per heavy atom. The van der Waals surface area contributed by atoms with Crippen LogP contribution in [-0.4, -0.2) is 69.3 Å². The van der Waals surface area contributed by atoms with Crippen molar-refractivity contribution in [3.05, 3.63) is 111 Å². The molecule has 2 atom stereocenters. The molecule has 50 heavy (non-hydrogen) atoms. The molecule has 1 N–H and O–H groups in total. The van der Waals surface area contributed by atoms with Gasteiger partial charge in [-0.1, -0.05) is 61.5 Å². The summed E-state index contributed by atoms with van der Waals surface area (Å²) in [6, 6.07) is 24.3. The van der Waals surface area contributed by atoms with Crippen LogP contribution in [0.4, 0.5) is 5.69 Å². The van der Waals surface area contributed by atoms with Gasteiger partial charge in [0.15, 0.2) is 23.1 Å². The average Bonchev–Trinajstić information content (AvgIpc) is 3.68. The second-order valence-corrected chi connectivity index (χ2v) is 13.7. The van der Waals surface area contributed by atoms with Crippen molar-refractivity contribution in [3.8, 4) is 11.5 Å². The summed E-state index contributed by atoms with van der Waals surface area (Å²) < 4.78 is 10.8. The molecule has 0 saturated carbocycles. The molecule has 1 aliphatic rings. The molecular weight excluding hydrogens is 647 g/mol. The maximum Gasteiger partial charge on any atom is 0.261 e. The Balaban J connectivity index is 0.000000226. The monoisotopic (exact) mass is 697 g/mol. The van der Waals surface area contributed by atoms with Crippen LogP contribution in [0.15, 0.2) is 78.2 Å². The van der Waals surface area contributed by atoms with Crippen LogP contribution in [0.25, 0.3) is 0 Å². The molecule has 1 amide bonds. The van der Waals surface area contributed by atoms with E-state index in [1.165, 1.54) is 29.4 Å². The Bertz CT molecular complexity index is 1720. The summed E-state index contributed by atoms with van der Waals surface area (Å²) in [7, 11) is 3.32. The summed E-state index contributed by atoms with van der Waals surface area (Å²) >= 11 is 1.46. The smallest absolute Gasteiger partial charge is 0.261 e. The molecule has 0 bridgehead atoms. The third-order valence-corrected chi connectivity index (χ3v) is 10.3. The maximum atomic E-state index is 12.2. The highest BCUT2D eigenvalue weighted by Gasteiger charge is 2.26. The number of Topliss-reactive ketones (excluding diaryl/α,β-unsaturated/α-hetero) is 2. The van der Waals surface area contributed by atoms with Gasteiger partial charge in [-0.15, -0.1) is 11.3 Å². The first-order valence-corrected chi connectivity index (χ1v) is 18.2. The SMILES string of the molecule is CC(=O)c1cccc(N2CCN([C@H](C)c3ccccc3)CC2)c1C(C)=O.COc1ccc(C(C)CCCNC(=O)c2cccs2)c(C)c1OC. The molecule has 9 heteroatoms. The van der Waals surface area contributed by atoms with Crippen molar-refractivity contribution in [2.75, 3.05) is 51.8 Å². The van der Waals surface area contributed by atoms with E-state index in [2.05, 4.69) is 66.2 Å². The quantitative estimate of drug-likeness (QED) is 0.111. The normalized spacial score (nSPS) is 14.2. The number of piperazine rings is 1. The van der Waals surface area contributed by atoms with Crippen molar-refractivity contribution < 1.29 is 23.9 Å². The van der Waals surface area contributed by atoms with Gasteiger partial charge in [0.1, 0.15) is 0 Å². The van der Waals surface area contributed by atoms with Crippen LogP contribution in [0.3, 0.4) is 0 Å².